The molecule has 1 aromatic heterocycles. The summed E-state index contributed by atoms with van der Waals surface area (Å²) in [6.07, 6.45) is 0.884. The Morgan fingerprint density at radius 2 is 1.66 bits per heavy atom. The predicted molar refractivity (Wildman–Crippen MR) is 113 cm³/mol. The van der Waals surface area contributed by atoms with E-state index in [1.807, 2.05) is 37.3 Å². The van der Waals surface area contributed by atoms with Crippen LogP contribution in [0.25, 0.3) is 0 Å². The maximum absolute atomic E-state index is 12.6. The van der Waals surface area contributed by atoms with Gasteiger partial charge < -0.3 is 0 Å². The van der Waals surface area contributed by atoms with Crippen molar-refractivity contribution in [2.45, 2.75) is 26.8 Å². The Bertz CT molecular complexity index is 1050. The standard InChI is InChI=1S/C21H20Cl2N4O2/c1-3-14-8-10-15(11-9-14)20(28)24-25-21(29)18-13(2)26-27(19(18)23)12-16-6-4-5-7-17(16)22/h4-11H,3,12H2,1-2H3,(H,24,28)(H,25,29). The number of aryl methyl sites for hydroxylation is 2. The number of hydrogen-bond donors (Lipinski definition) is 2. The average Bonchev–Trinajstić information content (AvgIpc) is 3.00. The summed E-state index contributed by atoms with van der Waals surface area (Å²) < 4.78 is 1.50. The summed E-state index contributed by atoms with van der Waals surface area (Å²) in [6.45, 7) is 4.03. The molecule has 0 atom stereocenters. The zero-order valence-electron chi connectivity index (χ0n) is 16.0. The minimum atomic E-state index is -0.545. The summed E-state index contributed by atoms with van der Waals surface area (Å²) in [6, 6.07) is 14.5. The molecule has 0 aliphatic carbocycles. The third-order valence-corrected chi connectivity index (χ3v) is 5.24. The fraction of sp³-hybridized carbons (Fsp3) is 0.190. The highest BCUT2D eigenvalue weighted by atomic mass is 35.5. The van der Waals surface area contributed by atoms with Gasteiger partial charge in [-0.2, -0.15) is 5.10 Å². The van der Waals surface area contributed by atoms with Crippen LogP contribution in [-0.2, 0) is 13.0 Å². The number of rotatable bonds is 5. The lowest BCUT2D eigenvalue weighted by Gasteiger charge is -2.08. The van der Waals surface area contributed by atoms with E-state index in [0.717, 1.165) is 17.5 Å². The number of nitrogens with zero attached hydrogens (tertiary/aromatic N) is 2. The molecule has 2 N–H and O–H groups in total. The fourth-order valence-electron chi connectivity index (χ4n) is 2.84. The molecule has 0 aliphatic heterocycles. The van der Waals surface area contributed by atoms with E-state index in [0.29, 0.717) is 22.8 Å². The molecule has 0 saturated carbocycles. The quantitative estimate of drug-likeness (QED) is 0.595. The lowest BCUT2D eigenvalue weighted by Crippen LogP contribution is -2.41. The Hall–Kier alpha value is -2.83. The van der Waals surface area contributed by atoms with Crippen molar-refractivity contribution >= 4 is 35.0 Å². The smallest absolute Gasteiger partial charge is 0.267 e. The number of carbonyl (C=O) groups excluding carboxylic acids is 2. The Balaban J connectivity index is 1.70. The normalized spacial score (nSPS) is 10.6. The maximum atomic E-state index is 12.6. The first-order valence-electron chi connectivity index (χ1n) is 9.06. The van der Waals surface area contributed by atoms with Gasteiger partial charge in [0.25, 0.3) is 11.8 Å². The summed E-state index contributed by atoms with van der Waals surface area (Å²) in [4.78, 5) is 24.8. The molecule has 1 heterocycles. The molecule has 0 spiro atoms. The molecule has 0 aliphatic rings. The topological polar surface area (TPSA) is 76.0 Å². The van der Waals surface area contributed by atoms with Crippen LogP contribution in [0.1, 0.15) is 44.5 Å². The zero-order valence-corrected chi connectivity index (χ0v) is 17.5. The van der Waals surface area contributed by atoms with Gasteiger partial charge in [-0.15, -0.1) is 0 Å². The van der Waals surface area contributed by atoms with Crippen LogP contribution in [0, 0.1) is 6.92 Å². The average molecular weight is 431 g/mol. The van der Waals surface area contributed by atoms with Crippen molar-refractivity contribution in [3.63, 3.8) is 0 Å². The van der Waals surface area contributed by atoms with Gasteiger partial charge in [-0.25, -0.2) is 4.68 Å². The van der Waals surface area contributed by atoms with Crippen LogP contribution in [0.15, 0.2) is 48.5 Å². The van der Waals surface area contributed by atoms with E-state index in [2.05, 4.69) is 16.0 Å². The molecule has 6 nitrogen and oxygen atoms in total. The maximum Gasteiger partial charge on any atom is 0.274 e. The monoisotopic (exact) mass is 430 g/mol. The largest absolute Gasteiger partial charge is 0.274 e. The first kappa shape index (κ1) is 20.9. The molecule has 8 heteroatoms. The molecule has 0 saturated heterocycles. The zero-order chi connectivity index (χ0) is 21.0. The van der Waals surface area contributed by atoms with Gasteiger partial charge in [-0.3, -0.25) is 20.4 Å². The fourth-order valence-corrected chi connectivity index (χ4v) is 3.36. The minimum Gasteiger partial charge on any atom is -0.267 e. The molecule has 2 aromatic carbocycles. The number of benzene rings is 2. The van der Waals surface area contributed by atoms with E-state index in [1.165, 1.54) is 4.68 Å². The van der Waals surface area contributed by atoms with Gasteiger partial charge in [0.2, 0.25) is 0 Å². The van der Waals surface area contributed by atoms with Crippen molar-refractivity contribution in [2.24, 2.45) is 0 Å². The molecule has 0 unspecified atom stereocenters. The third kappa shape index (κ3) is 4.78. The minimum absolute atomic E-state index is 0.168. The highest BCUT2D eigenvalue weighted by molar-refractivity contribution is 6.33. The van der Waals surface area contributed by atoms with E-state index in [4.69, 9.17) is 23.2 Å². The van der Waals surface area contributed by atoms with Gasteiger partial charge in [0, 0.05) is 10.6 Å². The van der Waals surface area contributed by atoms with E-state index >= 15 is 0 Å². The van der Waals surface area contributed by atoms with E-state index < -0.39 is 11.8 Å². The summed E-state index contributed by atoms with van der Waals surface area (Å²) in [5, 5.41) is 5.08. The summed E-state index contributed by atoms with van der Waals surface area (Å²) in [7, 11) is 0. The summed E-state index contributed by atoms with van der Waals surface area (Å²) in [5.41, 5.74) is 7.83. The predicted octanol–water partition coefficient (Wildman–Crippen LogP) is 4.18. The van der Waals surface area contributed by atoms with E-state index in [9.17, 15) is 9.59 Å². The second kappa shape index (κ2) is 9.11. The van der Waals surface area contributed by atoms with Gasteiger partial charge in [0.05, 0.1) is 12.2 Å². The van der Waals surface area contributed by atoms with Crippen LogP contribution < -0.4 is 10.9 Å². The Morgan fingerprint density at radius 3 is 2.31 bits per heavy atom. The molecular weight excluding hydrogens is 411 g/mol. The van der Waals surface area contributed by atoms with Gasteiger partial charge in [-0.1, -0.05) is 60.5 Å². The number of halogens is 2. The number of amides is 2. The van der Waals surface area contributed by atoms with Crippen molar-refractivity contribution in [1.82, 2.24) is 20.6 Å². The molecule has 29 heavy (non-hydrogen) atoms. The van der Waals surface area contributed by atoms with Crippen LogP contribution in [0.3, 0.4) is 0 Å². The second-order valence-electron chi connectivity index (χ2n) is 6.46. The van der Waals surface area contributed by atoms with Crippen LogP contribution in [0.4, 0.5) is 0 Å². The van der Waals surface area contributed by atoms with Gasteiger partial charge >= 0.3 is 0 Å². The lowest BCUT2D eigenvalue weighted by atomic mass is 10.1. The van der Waals surface area contributed by atoms with E-state index in [-0.39, 0.29) is 10.7 Å². The van der Waals surface area contributed by atoms with Gasteiger partial charge in [0.15, 0.2) is 0 Å². The van der Waals surface area contributed by atoms with Crippen LogP contribution in [0.5, 0.6) is 0 Å². The molecule has 0 fully saturated rings. The second-order valence-corrected chi connectivity index (χ2v) is 7.22. The first-order valence-corrected chi connectivity index (χ1v) is 9.82. The number of hydrogen-bond acceptors (Lipinski definition) is 3. The highest BCUT2D eigenvalue weighted by Crippen LogP contribution is 2.23. The van der Waals surface area contributed by atoms with Crippen molar-refractivity contribution in [3.05, 3.63) is 86.7 Å². The van der Waals surface area contributed by atoms with Crippen molar-refractivity contribution in [1.29, 1.82) is 0 Å². The lowest BCUT2D eigenvalue weighted by molar-refractivity contribution is 0.0846. The van der Waals surface area contributed by atoms with Crippen LogP contribution in [0.2, 0.25) is 10.2 Å². The molecule has 0 bridgehead atoms. The van der Waals surface area contributed by atoms with Crippen molar-refractivity contribution in [2.75, 3.05) is 0 Å². The van der Waals surface area contributed by atoms with Crippen molar-refractivity contribution in [3.8, 4) is 0 Å². The summed E-state index contributed by atoms with van der Waals surface area (Å²) in [5.74, 6) is -0.963. The molecule has 3 rings (SSSR count). The number of nitrogens with one attached hydrogen (secondary N) is 2. The highest BCUT2D eigenvalue weighted by Gasteiger charge is 2.21. The molecular formula is C21H20Cl2N4O2. The molecule has 3 aromatic rings. The Kier molecular flexibility index (Phi) is 6.56. The van der Waals surface area contributed by atoms with Crippen LogP contribution in [-0.4, -0.2) is 21.6 Å². The SMILES string of the molecule is CCc1ccc(C(=O)NNC(=O)c2c(C)nn(Cc3ccccc3Cl)c2Cl)cc1. The Labute approximate surface area is 178 Å². The molecule has 0 radical (unpaired) electrons. The van der Waals surface area contributed by atoms with Crippen molar-refractivity contribution < 1.29 is 9.59 Å². The first-order chi connectivity index (χ1) is 13.9. The van der Waals surface area contributed by atoms with Gasteiger partial charge in [0.1, 0.15) is 10.7 Å². The van der Waals surface area contributed by atoms with E-state index in [1.54, 1.807) is 25.1 Å². The number of hydrazine groups is 1. The molecule has 2 amide bonds. The van der Waals surface area contributed by atoms with Gasteiger partial charge in [-0.05, 0) is 42.7 Å². The summed E-state index contributed by atoms with van der Waals surface area (Å²) >= 11 is 12.6. The number of aromatic nitrogens is 2. The third-order valence-electron chi connectivity index (χ3n) is 4.48. The number of carbonyl (C=O) groups is 2. The molecule has 150 valence electrons. The Morgan fingerprint density at radius 1 is 1.00 bits per heavy atom. The van der Waals surface area contributed by atoms with Crippen LogP contribution >= 0.6 is 23.2 Å².